The van der Waals surface area contributed by atoms with Crippen LogP contribution >= 0.6 is 22.9 Å². The molecule has 27 heavy (non-hydrogen) atoms. The largest absolute Gasteiger partial charge is 0.333 e. The molecule has 134 valence electrons. The summed E-state index contributed by atoms with van der Waals surface area (Å²) in [7, 11) is 1.92. The predicted octanol–water partition coefficient (Wildman–Crippen LogP) is 4.51. The molecule has 4 aromatic rings. The van der Waals surface area contributed by atoms with E-state index in [9.17, 15) is 4.79 Å². The molecule has 0 unspecified atom stereocenters. The summed E-state index contributed by atoms with van der Waals surface area (Å²) in [5.74, 6) is 0.447. The van der Waals surface area contributed by atoms with Crippen LogP contribution in [0.3, 0.4) is 0 Å². The average molecular weight is 396 g/mol. The van der Waals surface area contributed by atoms with Crippen molar-refractivity contribution >= 4 is 34.0 Å². The van der Waals surface area contributed by atoms with Gasteiger partial charge in [0.05, 0.1) is 15.6 Å². The number of aryl methyl sites for hydroxylation is 1. The van der Waals surface area contributed by atoms with Gasteiger partial charge >= 0.3 is 0 Å². The molecule has 3 aromatic heterocycles. The lowest BCUT2D eigenvalue weighted by Crippen LogP contribution is -2.13. The van der Waals surface area contributed by atoms with Gasteiger partial charge in [-0.05, 0) is 12.1 Å². The first-order valence-corrected chi connectivity index (χ1v) is 9.28. The Labute approximate surface area is 164 Å². The predicted molar refractivity (Wildman–Crippen MR) is 107 cm³/mol. The number of anilines is 1. The lowest BCUT2D eigenvalue weighted by atomic mass is 10.1. The Morgan fingerprint density at radius 2 is 1.96 bits per heavy atom. The van der Waals surface area contributed by atoms with Crippen molar-refractivity contribution in [3.63, 3.8) is 0 Å². The highest BCUT2D eigenvalue weighted by Crippen LogP contribution is 2.38. The summed E-state index contributed by atoms with van der Waals surface area (Å²) >= 11 is 7.20. The summed E-state index contributed by atoms with van der Waals surface area (Å²) < 4.78 is 1.92. The fraction of sp³-hybridized carbons (Fsp3) is 0.0526. The summed E-state index contributed by atoms with van der Waals surface area (Å²) in [5.41, 5.74) is 2.00. The third kappa shape index (κ3) is 3.60. The van der Waals surface area contributed by atoms with Gasteiger partial charge in [0, 0.05) is 31.2 Å². The molecule has 0 saturated heterocycles. The van der Waals surface area contributed by atoms with Crippen LogP contribution in [0.1, 0.15) is 10.5 Å². The molecule has 1 aromatic carbocycles. The standard InChI is InChI=1S/C19H14ClN5OS/c1-25-10-9-21-17(25)16-15(12-5-3-2-4-6-12)23-19(27-16)24-18(26)14-8-7-13(20)11-22-14/h2-11H,1H3,(H,23,24,26). The molecule has 0 aliphatic heterocycles. The van der Waals surface area contributed by atoms with E-state index in [-0.39, 0.29) is 11.6 Å². The monoisotopic (exact) mass is 395 g/mol. The average Bonchev–Trinajstić information content (AvgIpc) is 3.28. The number of nitrogens with one attached hydrogen (secondary N) is 1. The zero-order valence-electron chi connectivity index (χ0n) is 14.3. The van der Waals surface area contributed by atoms with Gasteiger partial charge in [-0.15, -0.1) is 0 Å². The van der Waals surface area contributed by atoms with Crippen LogP contribution in [0, 0.1) is 0 Å². The molecular formula is C19H14ClN5OS. The Morgan fingerprint density at radius 3 is 2.63 bits per heavy atom. The number of hydrogen-bond acceptors (Lipinski definition) is 5. The second-order valence-electron chi connectivity index (χ2n) is 5.74. The molecule has 6 nitrogen and oxygen atoms in total. The quantitative estimate of drug-likeness (QED) is 0.551. The first kappa shape index (κ1) is 17.4. The molecule has 0 aliphatic rings. The highest BCUT2D eigenvalue weighted by atomic mass is 35.5. The molecule has 3 heterocycles. The van der Waals surface area contributed by atoms with Gasteiger partial charge in [0.25, 0.3) is 5.91 Å². The zero-order chi connectivity index (χ0) is 18.8. The third-order valence-electron chi connectivity index (χ3n) is 3.88. The number of pyridine rings is 1. The van der Waals surface area contributed by atoms with Gasteiger partial charge in [0.2, 0.25) is 0 Å². The van der Waals surface area contributed by atoms with Crippen molar-refractivity contribution in [3.8, 4) is 22.0 Å². The maximum atomic E-state index is 12.5. The Morgan fingerprint density at radius 1 is 1.15 bits per heavy atom. The van der Waals surface area contributed by atoms with Crippen molar-refractivity contribution in [2.24, 2.45) is 7.05 Å². The smallest absolute Gasteiger partial charge is 0.276 e. The summed E-state index contributed by atoms with van der Waals surface area (Å²) in [6, 6.07) is 13.0. The first-order chi connectivity index (χ1) is 13.1. The lowest BCUT2D eigenvalue weighted by Gasteiger charge is -2.02. The number of carbonyl (C=O) groups excluding carboxylic acids is 1. The number of nitrogens with zero attached hydrogens (tertiary/aromatic N) is 4. The van der Waals surface area contributed by atoms with E-state index in [0.29, 0.717) is 10.2 Å². The van der Waals surface area contributed by atoms with E-state index in [1.165, 1.54) is 17.5 Å². The molecule has 0 radical (unpaired) electrons. The Balaban J connectivity index is 1.72. The fourth-order valence-electron chi connectivity index (χ4n) is 2.57. The van der Waals surface area contributed by atoms with Gasteiger partial charge in [-0.1, -0.05) is 53.3 Å². The highest BCUT2D eigenvalue weighted by molar-refractivity contribution is 7.19. The van der Waals surface area contributed by atoms with Gasteiger partial charge in [0.15, 0.2) is 11.0 Å². The number of benzene rings is 1. The molecule has 4 rings (SSSR count). The Bertz CT molecular complexity index is 1090. The fourth-order valence-corrected chi connectivity index (χ4v) is 3.71. The molecular weight excluding hydrogens is 382 g/mol. The zero-order valence-corrected chi connectivity index (χ0v) is 15.8. The van der Waals surface area contributed by atoms with Crippen molar-refractivity contribution in [2.45, 2.75) is 0 Å². The van der Waals surface area contributed by atoms with Gasteiger partial charge in [-0.3, -0.25) is 10.1 Å². The topological polar surface area (TPSA) is 72.7 Å². The molecule has 8 heteroatoms. The van der Waals surface area contributed by atoms with Crippen LogP contribution in [-0.2, 0) is 7.05 Å². The van der Waals surface area contributed by atoms with Crippen LogP contribution in [0.15, 0.2) is 61.1 Å². The molecule has 1 amide bonds. The normalized spacial score (nSPS) is 10.7. The summed E-state index contributed by atoms with van der Waals surface area (Å²) in [4.78, 5) is 26.5. The Hall–Kier alpha value is -3.03. The van der Waals surface area contributed by atoms with Crippen molar-refractivity contribution in [3.05, 3.63) is 71.8 Å². The number of thiazole rings is 1. The lowest BCUT2D eigenvalue weighted by molar-refractivity contribution is 0.102. The van der Waals surface area contributed by atoms with E-state index in [4.69, 9.17) is 11.6 Å². The van der Waals surface area contributed by atoms with E-state index in [2.05, 4.69) is 20.3 Å². The number of halogens is 1. The second kappa shape index (κ2) is 7.30. The number of rotatable bonds is 4. The maximum Gasteiger partial charge on any atom is 0.276 e. The molecule has 0 aliphatic carbocycles. The van der Waals surface area contributed by atoms with E-state index in [1.54, 1.807) is 18.3 Å². The SMILES string of the molecule is Cn1ccnc1-c1sc(NC(=O)c2ccc(Cl)cn2)nc1-c1ccccc1. The van der Waals surface area contributed by atoms with Gasteiger partial charge in [-0.25, -0.2) is 15.0 Å². The summed E-state index contributed by atoms with van der Waals surface area (Å²) in [6.07, 6.45) is 5.05. The van der Waals surface area contributed by atoms with Crippen LogP contribution in [0.4, 0.5) is 5.13 Å². The van der Waals surface area contributed by atoms with E-state index in [1.807, 2.05) is 48.1 Å². The maximum absolute atomic E-state index is 12.5. The number of amides is 1. The van der Waals surface area contributed by atoms with Crippen LogP contribution < -0.4 is 5.32 Å². The van der Waals surface area contributed by atoms with Crippen LogP contribution in [0.2, 0.25) is 5.02 Å². The van der Waals surface area contributed by atoms with E-state index in [0.717, 1.165) is 22.0 Å². The van der Waals surface area contributed by atoms with E-state index >= 15 is 0 Å². The Kier molecular flexibility index (Phi) is 4.70. The minimum absolute atomic E-state index is 0.273. The minimum atomic E-state index is -0.341. The molecule has 1 N–H and O–H groups in total. The number of hydrogen-bond donors (Lipinski definition) is 1. The van der Waals surface area contributed by atoms with Crippen molar-refractivity contribution in [2.75, 3.05) is 5.32 Å². The molecule has 0 saturated carbocycles. The third-order valence-corrected chi connectivity index (χ3v) is 5.07. The summed E-state index contributed by atoms with van der Waals surface area (Å²) in [6.45, 7) is 0. The van der Waals surface area contributed by atoms with Gasteiger partial charge in [0.1, 0.15) is 5.69 Å². The van der Waals surface area contributed by atoms with Gasteiger partial charge < -0.3 is 4.57 Å². The molecule has 0 atom stereocenters. The molecule has 0 fully saturated rings. The molecule has 0 bridgehead atoms. The van der Waals surface area contributed by atoms with Crippen LogP contribution in [-0.4, -0.2) is 25.4 Å². The van der Waals surface area contributed by atoms with Crippen molar-refractivity contribution < 1.29 is 4.79 Å². The first-order valence-electron chi connectivity index (χ1n) is 8.08. The number of imidazole rings is 1. The van der Waals surface area contributed by atoms with Crippen molar-refractivity contribution in [1.82, 2.24) is 19.5 Å². The number of aromatic nitrogens is 4. The van der Waals surface area contributed by atoms with Crippen LogP contribution in [0.25, 0.3) is 22.0 Å². The second-order valence-corrected chi connectivity index (χ2v) is 7.18. The van der Waals surface area contributed by atoms with E-state index < -0.39 is 0 Å². The van der Waals surface area contributed by atoms with Gasteiger partial charge in [-0.2, -0.15) is 0 Å². The van der Waals surface area contributed by atoms with Crippen molar-refractivity contribution in [1.29, 1.82) is 0 Å². The van der Waals surface area contributed by atoms with Crippen LogP contribution in [0.5, 0.6) is 0 Å². The molecule has 0 spiro atoms. The minimum Gasteiger partial charge on any atom is -0.333 e. The highest BCUT2D eigenvalue weighted by Gasteiger charge is 2.19. The summed E-state index contributed by atoms with van der Waals surface area (Å²) in [5, 5.41) is 3.77. The number of carbonyl (C=O) groups is 1.